The van der Waals surface area contributed by atoms with Gasteiger partial charge in [0.25, 0.3) is 0 Å². The molecule has 0 amide bonds. The van der Waals surface area contributed by atoms with Gasteiger partial charge < -0.3 is 5.11 Å². The number of aliphatic hydroxyl groups is 1. The molecule has 0 spiro atoms. The van der Waals surface area contributed by atoms with Crippen molar-refractivity contribution in [3.8, 4) is 0 Å². The van der Waals surface area contributed by atoms with Gasteiger partial charge in [-0.2, -0.15) is 0 Å². The van der Waals surface area contributed by atoms with Crippen LogP contribution in [0.1, 0.15) is 42.6 Å². The van der Waals surface area contributed by atoms with Gasteiger partial charge in [0.05, 0.1) is 5.02 Å². The van der Waals surface area contributed by atoms with Crippen molar-refractivity contribution < 1.29 is 5.11 Å². The number of benzene rings is 2. The minimum absolute atomic E-state index is 0.499. The van der Waals surface area contributed by atoms with Gasteiger partial charge in [0, 0.05) is 3.57 Å². The summed E-state index contributed by atoms with van der Waals surface area (Å²) in [4.78, 5) is 0. The zero-order valence-corrected chi connectivity index (χ0v) is 13.8. The number of hydrogen-bond donors (Lipinski definition) is 1. The number of hydrogen-bond acceptors (Lipinski definition) is 1. The molecule has 0 aliphatic carbocycles. The van der Waals surface area contributed by atoms with Crippen molar-refractivity contribution in [3.63, 3.8) is 0 Å². The molecule has 1 N–H and O–H groups in total. The molecule has 0 aromatic heterocycles. The second-order valence-electron chi connectivity index (χ2n) is 4.90. The van der Waals surface area contributed by atoms with Crippen molar-refractivity contribution in [2.24, 2.45) is 0 Å². The molecule has 0 radical (unpaired) electrons. The van der Waals surface area contributed by atoms with Gasteiger partial charge in [-0.25, -0.2) is 0 Å². The molecule has 1 unspecified atom stereocenters. The van der Waals surface area contributed by atoms with Crippen molar-refractivity contribution in [1.29, 1.82) is 0 Å². The highest BCUT2D eigenvalue weighted by Crippen LogP contribution is 2.28. The third-order valence-electron chi connectivity index (χ3n) is 3.18. The molecule has 2 aromatic carbocycles. The molecule has 3 heteroatoms. The topological polar surface area (TPSA) is 20.2 Å². The summed E-state index contributed by atoms with van der Waals surface area (Å²) in [7, 11) is 0. The van der Waals surface area contributed by atoms with Crippen LogP contribution >= 0.6 is 34.2 Å². The van der Waals surface area contributed by atoms with Crippen LogP contribution in [0, 0.1) is 3.57 Å². The van der Waals surface area contributed by atoms with Gasteiger partial charge in [-0.1, -0.05) is 55.8 Å². The van der Waals surface area contributed by atoms with Crippen LogP contribution in [-0.4, -0.2) is 5.11 Å². The summed E-state index contributed by atoms with van der Waals surface area (Å²) < 4.78 is 0.991. The Bertz CT molecular complexity index is 563. The van der Waals surface area contributed by atoms with Gasteiger partial charge in [-0.05, 0) is 57.3 Å². The number of aliphatic hydroxyl groups excluding tert-OH is 1. The van der Waals surface area contributed by atoms with Crippen LogP contribution in [0.15, 0.2) is 42.5 Å². The quantitative estimate of drug-likeness (QED) is 0.723. The van der Waals surface area contributed by atoms with Crippen LogP contribution in [0.3, 0.4) is 0 Å². The van der Waals surface area contributed by atoms with E-state index in [9.17, 15) is 5.11 Å². The average molecular weight is 387 g/mol. The van der Waals surface area contributed by atoms with Crippen molar-refractivity contribution >= 4 is 34.2 Å². The Morgan fingerprint density at radius 1 is 0.947 bits per heavy atom. The monoisotopic (exact) mass is 386 g/mol. The van der Waals surface area contributed by atoms with Crippen molar-refractivity contribution in [2.75, 3.05) is 0 Å². The summed E-state index contributed by atoms with van der Waals surface area (Å²) >= 11 is 8.27. The molecule has 0 saturated heterocycles. The van der Waals surface area contributed by atoms with Gasteiger partial charge >= 0.3 is 0 Å². The standard InChI is InChI=1S/C16H16ClIO/c1-10(2)11-3-5-12(6-4-11)16(19)13-7-8-15(18)14(17)9-13/h3-10,16,19H,1-2H3. The lowest BCUT2D eigenvalue weighted by molar-refractivity contribution is 0.220. The molecule has 19 heavy (non-hydrogen) atoms. The summed E-state index contributed by atoms with van der Waals surface area (Å²) in [5, 5.41) is 11.1. The van der Waals surface area contributed by atoms with Gasteiger partial charge in [0.2, 0.25) is 0 Å². The Kier molecular flexibility index (Phi) is 4.87. The van der Waals surface area contributed by atoms with E-state index in [2.05, 4.69) is 48.6 Å². The summed E-state index contributed by atoms with van der Waals surface area (Å²) in [5.74, 6) is 0.499. The van der Waals surface area contributed by atoms with E-state index in [0.29, 0.717) is 10.9 Å². The van der Waals surface area contributed by atoms with Crippen LogP contribution < -0.4 is 0 Å². The van der Waals surface area contributed by atoms with E-state index < -0.39 is 6.10 Å². The van der Waals surface area contributed by atoms with E-state index in [-0.39, 0.29) is 0 Å². The van der Waals surface area contributed by atoms with Crippen LogP contribution in [0.4, 0.5) is 0 Å². The smallest absolute Gasteiger partial charge is 0.104 e. The Balaban J connectivity index is 2.27. The van der Waals surface area contributed by atoms with E-state index in [1.54, 1.807) is 0 Å². The first-order chi connectivity index (χ1) is 8.99. The van der Waals surface area contributed by atoms with Crippen molar-refractivity contribution in [2.45, 2.75) is 25.9 Å². The lowest BCUT2D eigenvalue weighted by Crippen LogP contribution is -2.00. The van der Waals surface area contributed by atoms with Crippen LogP contribution in [0.2, 0.25) is 5.02 Å². The van der Waals surface area contributed by atoms with E-state index in [0.717, 1.165) is 14.7 Å². The maximum Gasteiger partial charge on any atom is 0.104 e. The normalized spacial score (nSPS) is 12.7. The second-order valence-corrected chi connectivity index (χ2v) is 6.47. The maximum atomic E-state index is 10.4. The van der Waals surface area contributed by atoms with Gasteiger partial charge in [-0.3, -0.25) is 0 Å². The Labute approximate surface area is 132 Å². The largest absolute Gasteiger partial charge is 0.384 e. The summed E-state index contributed by atoms with van der Waals surface area (Å²) in [6.07, 6.45) is -0.629. The SMILES string of the molecule is CC(C)c1ccc(C(O)c2ccc(I)c(Cl)c2)cc1. The molecule has 0 aliphatic heterocycles. The fourth-order valence-electron chi connectivity index (χ4n) is 1.94. The minimum Gasteiger partial charge on any atom is -0.384 e. The first-order valence-electron chi connectivity index (χ1n) is 6.22. The number of rotatable bonds is 3. The third kappa shape index (κ3) is 3.50. The highest BCUT2D eigenvalue weighted by Gasteiger charge is 2.12. The molecule has 1 atom stereocenters. The predicted octanol–water partition coefficient (Wildman–Crippen LogP) is 5.15. The Hall–Kier alpha value is -0.580. The second kappa shape index (κ2) is 6.25. The van der Waals surface area contributed by atoms with Crippen LogP contribution in [0.25, 0.3) is 0 Å². The Morgan fingerprint density at radius 2 is 1.47 bits per heavy atom. The fourth-order valence-corrected chi connectivity index (χ4v) is 2.46. The van der Waals surface area contributed by atoms with E-state index >= 15 is 0 Å². The fraction of sp³-hybridized carbons (Fsp3) is 0.250. The molecule has 2 rings (SSSR count). The van der Waals surface area contributed by atoms with Gasteiger partial charge in [0.15, 0.2) is 0 Å². The van der Waals surface area contributed by atoms with Crippen LogP contribution in [-0.2, 0) is 0 Å². The molecular weight excluding hydrogens is 371 g/mol. The van der Waals surface area contributed by atoms with Crippen molar-refractivity contribution in [3.05, 3.63) is 67.7 Å². The first-order valence-corrected chi connectivity index (χ1v) is 7.67. The highest BCUT2D eigenvalue weighted by atomic mass is 127. The molecule has 100 valence electrons. The number of halogens is 2. The molecule has 0 aliphatic rings. The third-order valence-corrected chi connectivity index (χ3v) is 4.75. The zero-order chi connectivity index (χ0) is 14.0. The average Bonchev–Trinajstić information content (AvgIpc) is 2.41. The van der Waals surface area contributed by atoms with E-state index in [1.165, 1.54) is 5.56 Å². The summed E-state index contributed by atoms with van der Waals surface area (Å²) in [6.45, 7) is 4.31. The van der Waals surface area contributed by atoms with E-state index in [1.807, 2.05) is 30.3 Å². The molecular formula is C16H16ClIO. The van der Waals surface area contributed by atoms with Gasteiger partial charge in [-0.15, -0.1) is 0 Å². The molecule has 0 fully saturated rings. The maximum absolute atomic E-state index is 10.4. The lowest BCUT2D eigenvalue weighted by atomic mass is 9.97. The Morgan fingerprint density at radius 3 is 2.00 bits per heavy atom. The molecule has 2 aromatic rings. The highest BCUT2D eigenvalue weighted by molar-refractivity contribution is 14.1. The zero-order valence-electron chi connectivity index (χ0n) is 10.9. The molecule has 0 bridgehead atoms. The summed E-state index contributed by atoms with van der Waals surface area (Å²) in [5.41, 5.74) is 2.99. The van der Waals surface area contributed by atoms with Gasteiger partial charge in [0.1, 0.15) is 6.10 Å². The minimum atomic E-state index is -0.629. The van der Waals surface area contributed by atoms with Crippen molar-refractivity contribution in [1.82, 2.24) is 0 Å². The van der Waals surface area contributed by atoms with Crippen LogP contribution in [0.5, 0.6) is 0 Å². The molecule has 0 saturated carbocycles. The summed E-state index contributed by atoms with van der Waals surface area (Å²) in [6, 6.07) is 13.7. The molecule has 0 heterocycles. The predicted molar refractivity (Wildman–Crippen MR) is 88.8 cm³/mol. The lowest BCUT2D eigenvalue weighted by Gasteiger charge is -2.14. The molecule has 1 nitrogen and oxygen atoms in total. The van der Waals surface area contributed by atoms with E-state index in [4.69, 9.17) is 11.6 Å². The first kappa shape index (κ1) is 14.8.